The lowest BCUT2D eigenvalue weighted by atomic mass is 10.1. The highest BCUT2D eigenvalue weighted by molar-refractivity contribution is 6.08. The topological polar surface area (TPSA) is 92.8 Å². The highest BCUT2D eigenvalue weighted by atomic mass is 19.4. The van der Waals surface area contributed by atoms with Crippen LogP contribution in [0.15, 0.2) is 42.6 Å². The molecule has 1 aromatic heterocycles. The second kappa shape index (κ2) is 9.65. The SMILES string of the molecule is O=C1CN(C(=O)NC(COC2CCCC2)c2ccc(OC(F)(F)F)cc2)c2ncccc2N1. The van der Waals surface area contributed by atoms with Crippen LogP contribution in [0.25, 0.3) is 0 Å². The van der Waals surface area contributed by atoms with Gasteiger partial charge in [0.05, 0.1) is 24.4 Å². The van der Waals surface area contributed by atoms with Gasteiger partial charge < -0.3 is 20.1 Å². The summed E-state index contributed by atoms with van der Waals surface area (Å²) in [5, 5.41) is 5.50. The van der Waals surface area contributed by atoms with Crippen molar-refractivity contribution in [1.29, 1.82) is 0 Å². The molecule has 2 aromatic rings. The Balaban J connectivity index is 1.52. The van der Waals surface area contributed by atoms with Crippen LogP contribution in [-0.2, 0) is 9.53 Å². The molecule has 2 N–H and O–H groups in total. The van der Waals surface area contributed by atoms with Gasteiger partial charge in [0.25, 0.3) is 0 Å². The first-order valence-corrected chi connectivity index (χ1v) is 10.6. The maximum absolute atomic E-state index is 13.1. The first kappa shape index (κ1) is 22.8. The summed E-state index contributed by atoms with van der Waals surface area (Å²) in [4.78, 5) is 30.6. The molecule has 176 valence electrons. The highest BCUT2D eigenvalue weighted by Gasteiger charge is 2.32. The predicted molar refractivity (Wildman–Crippen MR) is 113 cm³/mol. The third-order valence-electron chi connectivity index (χ3n) is 5.48. The molecular weight excluding hydrogens is 441 g/mol. The van der Waals surface area contributed by atoms with Crippen molar-refractivity contribution in [3.8, 4) is 5.75 Å². The van der Waals surface area contributed by atoms with Gasteiger partial charge in [0.15, 0.2) is 5.82 Å². The van der Waals surface area contributed by atoms with Crippen molar-refractivity contribution >= 4 is 23.4 Å². The van der Waals surface area contributed by atoms with Crippen LogP contribution in [0.4, 0.5) is 29.5 Å². The van der Waals surface area contributed by atoms with E-state index >= 15 is 0 Å². The number of aromatic nitrogens is 1. The van der Waals surface area contributed by atoms with E-state index in [-0.39, 0.29) is 30.9 Å². The fourth-order valence-corrected chi connectivity index (χ4v) is 3.92. The Hall–Kier alpha value is -3.34. The Morgan fingerprint density at radius 1 is 1.21 bits per heavy atom. The monoisotopic (exact) mass is 464 g/mol. The minimum Gasteiger partial charge on any atom is -0.406 e. The van der Waals surface area contributed by atoms with E-state index in [0.717, 1.165) is 25.7 Å². The number of hydrogen-bond acceptors (Lipinski definition) is 5. The van der Waals surface area contributed by atoms with E-state index in [1.54, 1.807) is 12.1 Å². The van der Waals surface area contributed by atoms with Gasteiger partial charge in [-0.2, -0.15) is 0 Å². The van der Waals surface area contributed by atoms with Gasteiger partial charge in [-0.3, -0.25) is 9.69 Å². The second-order valence-corrected chi connectivity index (χ2v) is 7.87. The molecule has 4 rings (SSSR count). The van der Waals surface area contributed by atoms with E-state index in [0.29, 0.717) is 17.1 Å². The number of nitrogens with one attached hydrogen (secondary N) is 2. The Kier molecular flexibility index (Phi) is 6.68. The number of nitrogens with zero attached hydrogens (tertiary/aromatic N) is 2. The quantitative estimate of drug-likeness (QED) is 0.670. The molecule has 8 nitrogen and oxygen atoms in total. The number of halogens is 3. The van der Waals surface area contributed by atoms with Gasteiger partial charge in [-0.25, -0.2) is 9.78 Å². The summed E-state index contributed by atoms with van der Waals surface area (Å²) in [6.07, 6.45) is 0.755. The number of ether oxygens (including phenoxy) is 2. The van der Waals surface area contributed by atoms with Gasteiger partial charge in [-0.1, -0.05) is 25.0 Å². The molecule has 3 amide bonds. The molecule has 1 aliphatic heterocycles. The second-order valence-electron chi connectivity index (χ2n) is 7.87. The smallest absolute Gasteiger partial charge is 0.406 e. The summed E-state index contributed by atoms with van der Waals surface area (Å²) in [6, 6.07) is 7.31. The number of amides is 3. The first-order chi connectivity index (χ1) is 15.8. The molecule has 1 aromatic carbocycles. The molecule has 1 aliphatic carbocycles. The zero-order chi connectivity index (χ0) is 23.4. The lowest BCUT2D eigenvalue weighted by Gasteiger charge is -2.30. The van der Waals surface area contributed by atoms with Crippen LogP contribution in [0.2, 0.25) is 0 Å². The van der Waals surface area contributed by atoms with Gasteiger partial charge in [-0.15, -0.1) is 13.2 Å². The molecular formula is C22H23F3N4O4. The minimum absolute atomic E-state index is 0.0698. The van der Waals surface area contributed by atoms with Crippen LogP contribution < -0.4 is 20.3 Å². The average molecular weight is 464 g/mol. The largest absolute Gasteiger partial charge is 0.573 e. The number of hydrogen-bond donors (Lipinski definition) is 2. The van der Waals surface area contributed by atoms with E-state index in [4.69, 9.17) is 4.74 Å². The lowest BCUT2D eigenvalue weighted by Crippen LogP contribution is -2.49. The summed E-state index contributed by atoms with van der Waals surface area (Å²) in [7, 11) is 0. The van der Waals surface area contributed by atoms with Crippen LogP contribution in [-0.4, -0.2) is 42.5 Å². The van der Waals surface area contributed by atoms with Crippen molar-refractivity contribution in [3.05, 3.63) is 48.2 Å². The number of pyridine rings is 1. The van der Waals surface area contributed by atoms with Crippen LogP contribution >= 0.6 is 0 Å². The van der Waals surface area contributed by atoms with Gasteiger partial charge in [0, 0.05) is 6.20 Å². The van der Waals surface area contributed by atoms with E-state index in [1.807, 2.05) is 0 Å². The van der Waals surface area contributed by atoms with Crippen molar-refractivity contribution in [2.45, 2.75) is 44.2 Å². The number of benzene rings is 1. The number of anilines is 2. The van der Waals surface area contributed by atoms with E-state index in [1.165, 1.54) is 35.4 Å². The molecule has 0 bridgehead atoms. The number of carbonyl (C=O) groups is 2. The molecule has 1 atom stereocenters. The summed E-state index contributed by atoms with van der Waals surface area (Å²) in [5.74, 6) is -0.420. The number of rotatable bonds is 6. The van der Waals surface area contributed by atoms with E-state index < -0.39 is 18.4 Å². The third-order valence-corrected chi connectivity index (χ3v) is 5.48. The van der Waals surface area contributed by atoms with Crippen LogP contribution in [0.3, 0.4) is 0 Å². The first-order valence-electron chi connectivity index (χ1n) is 10.6. The zero-order valence-corrected chi connectivity index (χ0v) is 17.6. The summed E-state index contributed by atoms with van der Waals surface area (Å²) < 4.78 is 47.3. The molecule has 33 heavy (non-hydrogen) atoms. The highest BCUT2D eigenvalue weighted by Crippen LogP contribution is 2.29. The summed E-state index contributed by atoms with van der Waals surface area (Å²) in [6.45, 7) is -0.0879. The van der Waals surface area contributed by atoms with Crippen LogP contribution in [0, 0.1) is 0 Å². The van der Waals surface area contributed by atoms with Crippen molar-refractivity contribution in [2.75, 3.05) is 23.4 Å². The number of alkyl halides is 3. The van der Waals surface area contributed by atoms with Gasteiger partial charge in [0.1, 0.15) is 12.3 Å². The van der Waals surface area contributed by atoms with Crippen molar-refractivity contribution < 1.29 is 32.2 Å². The molecule has 0 radical (unpaired) electrons. The Bertz CT molecular complexity index is 994. The Morgan fingerprint density at radius 2 is 1.94 bits per heavy atom. The van der Waals surface area contributed by atoms with E-state index in [2.05, 4.69) is 20.4 Å². The number of carbonyl (C=O) groups excluding carboxylic acids is 2. The maximum atomic E-state index is 13.1. The standard InChI is InChI=1S/C22H23F3N4O4/c23-22(24,25)33-16-9-7-14(8-10-16)18(13-32-15-4-1-2-5-15)28-21(31)29-12-19(30)27-17-6-3-11-26-20(17)29/h3,6-11,15,18H,1-2,4-5,12-13H2,(H,27,30)(H,28,31). The number of urea groups is 1. The molecule has 2 heterocycles. The molecule has 1 unspecified atom stereocenters. The predicted octanol–water partition coefficient (Wildman–Crippen LogP) is 4.15. The molecule has 0 spiro atoms. The zero-order valence-electron chi connectivity index (χ0n) is 17.6. The molecule has 11 heteroatoms. The minimum atomic E-state index is -4.80. The van der Waals surface area contributed by atoms with Crippen molar-refractivity contribution in [1.82, 2.24) is 10.3 Å². The molecule has 2 aliphatic rings. The van der Waals surface area contributed by atoms with E-state index in [9.17, 15) is 22.8 Å². The van der Waals surface area contributed by atoms with Gasteiger partial charge >= 0.3 is 12.4 Å². The lowest BCUT2D eigenvalue weighted by molar-refractivity contribution is -0.274. The number of fused-ring (bicyclic) bond motifs is 1. The third kappa shape index (κ3) is 5.92. The average Bonchev–Trinajstić information content (AvgIpc) is 3.29. The maximum Gasteiger partial charge on any atom is 0.573 e. The van der Waals surface area contributed by atoms with Crippen LogP contribution in [0.5, 0.6) is 5.75 Å². The summed E-state index contributed by atoms with van der Waals surface area (Å²) >= 11 is 0. The van der Waals surface area contributed by atoms with Crippen molar-refractivity contribution in [2.24, 2.45) is 0 Å². The molecule has 0 saturated heterocycles. The van der Waals surface area contributed by atoms with Crippen molar-refractivity contribution in [3.63, 3.8) is 0 Å². The Morgan fingerprint density at radius 3 is 2.64 bits per heavy atom. The fraction of sp³-hybridized carbons (Fsp3) is 0.409. The van der Waals surface area contributed by atoms with Gasteiger partial charge in [0.2, 0.25) is 5.91 Å². The van der Waals surface area contributed by atoms with Crippen LogP contribution in [0.1, 0.15) is 37.3 Å². The molecule has 1 fully saturated rings. The Labute approximate surface area is 188 Å². The normalized spacial score (nSPS) is 17.3. The summed E-state index contributed by atoms with van der Waals surface area (Å²) in [5.41, 5.74) is 0.954. The van der Waals surface area contributed by atoms with Gasteiger partial charge in [-0.05, 0) is 42.7 Å². The fourth-order valence-electron chi connectivity index (χ4n) is 3.92. The molecule has 1 saturated carbocycles.